The zero-order chi connectivity index (χ0) is 12.8. The summed E-state index contributed by atoms with van der Waals surface area (Å²) in [6.45, 7) is 2.17. The van der Waals surface area contributed by atoms with Crippen LogP contribution in [0.15, 0.2) is 18.2 Å². The zero-order valence-corrected chi connectivity index (χ0v) is 11.3. The number of nitrogens with two attached hydrogens (primary N) is 1. The van der Waals surface area contributed by atoms with E-state index >= 15 is 0 Å². The number of hydrogen-bond acceptors (Lipinski definition) is 3. The van der Waals surface area contributed by atoms with Crippen LogP contribution >= 0.6 is 12.4 Å². The van der Waals surface area contributed by atoms with E-state index in [0.717, 1.165) is 5.56 Å². The lowest BCUT2D eigenvalue weighted by Gasteiger charge is -2.10. The molecule has 2 amide bonds. The summed E-state index contributed by atoms with van der Waals surface area (Å²) < 4.78 is 0. The minimum Gasteiger partial charge on any atom is -0.355 e. The highest BCUT2D eigenvalue weighted by Crippen LogP contribution is 2.17. The number of benzene rings is 1. The van der Waals surface area contributed by atoms with E-state index in [1.165, 1.54) is 0 Å². The Morgan fingerprint density at radius 1 is 1.33 bits per heavy atom. The molecule has 5 nitrogen and oxygen atoms in total. The van der Waals surface area contributed by atoms with Crippen LogP contribution in [0.25, 0.3) is 0 Å². The summed E-state index contributed by atoms with van der Waals surface area (Å²) in [5, 5.41) is 5.21. The Kier molecular flexibility index (Phi) is 7.00. The van der Waals surface area contributed by atoms with Gasteiger partial charge >= 0.3 is 0 Å². The molecule has 0 fully saturated rings. The third kappa shape index (κ3) is 4.35. The van der Waals surface area contributed by atoms with Gasteiger partial charge in [-0.3, -0.25) is 9.59 Å². The lowest BCUT2D eigenvalue weighted by molar-refractivity contribution is -0.116. The highest BCUT2D eigenvalue weighted by atomic mass is 35.5. The summed E-state index contributed by atoms with van der Waals surface area (Å²) in [6.07, 6.45) is 0.237. The molecule has 1 aromatic carbocycles. The molecule has 0 aliphatic heterocycles. The van der Waals surface area contributed by atoms with Crippen LogP contribution in [0.5, 0.6) is 0 Å². The highest BCUT2D eigenvalue weighted by molar-refractivity contribution is 6.03. The average molecular weight is 272 g/mol. The Balaban J connectivity index is 0.00000289. The molecular weight excluding hydrogens is 254 g/mol. The maximum absolute atomic E-state index is 11.6. The molecule has 0 saturated heterocycles. The molecule has 0 aliphatic carbocycles. The van der Waals surface area contributed by atoms with Crippen LogP contribution in [0.2, 0.25) is 0 Å². The monoisotopic (exact) mass is 271 g/mol. The average Bonchev–Trinajstić information content (AvgIpc) is 2.30. The quantitative estimate of drug-likeness (QED) is 0.766. The number of halogens is 1. The highest BCUT2D eigenvalue weighted by Gasteiger charge is 2.12. The van der Waals surface area contributed by atoms with Crippen molar-refractivity contribution < 1.29 is 9.59 Å². The molecule has 0 radical (unpaired) electrons. The molecule has 1 rings (SSSR count). The number of rotatable bonds is 4. The minimum atomic E-state index is -0.225. The molecule has 100 valence electrons. The van der Waals surface area contributed by atoms with Crippen molar-refractivity contribution >= 4 is 29.9 Å². The third-order valence-corrected chi connectivity index (χ3v) is 2.29. The van der Waals surface area contributed by atoms with Gasteiger partial charge in [0.25, 0.3) is 5.91 Å². The summed E-state index contributed by atoms with van der Waals surface area (Å²) in [5.41, 5.74) is 7.21. The van der Waals surface area contributed by atoms with Crippen molar-refractivity contribution in [3.8, 4) is 0 Å². The first-order valence-electron chi connectivity index (χ1n) is 5.41. The second-order valence-electron chi connectivity index (χ2n) is 3.72. The molecule has 0 aromatic heterocycles. The maximum Gasteiger partial charge on any atom is 0.253 e. The summed E-state index contributed by atoms with van der Waals surface area (Å²) in [4.78, 5) is 23.1. The fourth-order valence-electron chi connectivity index (χ4n) is 1.43. The second kappa shape index (κ2) is 7.68. The van der Waals surface area contributed by atoms with Crippen LogP contribution < -0.4 is 16.4 Å². The van der Waals surface area contributed by atoms with Crippen LogP contribution in [0.3, 0.4) is 0 Å². The van der Waals surface area contributed by atoms with Crippen LogP contribution in [-0.2, 0) is 4.79 Å². The van der Waals surface area contributed by atoms with Gasteiger partial charge in [0.15, 0.2) is 0 Å². The molecule has 0 saturated carbocycles. The molecule has 0 atom stereocenters. The molecule has 18 heavy (non-hydrogen) atoms. The van der Waals surface area contributed by atoms with Gasteiger partial charge < -0.3 is 16.4 Å². The number of amides is 2. The topological polar surface area (TPSA) is 84.2 Å². The Morgan fingerprint density at radius 2 is 2.00 bits per heavy atom. The molecule has 0 bridgehead atoms. The standard InChI is InChI=1S/C12H17N3O2.ClH/c1-8-3-4-10(15-11(16)5-6-13)9(7-8)12(17)14-2;/h3-4,7H,5-6,13H2,1-2H3,(H,14,17)(H,15,16);1H. The van der Waals surface area contributed by atoms with Crippen molar-refractivity contribution in [3.63, 3.8) is 0 Å². The van der Waals surface area contributed by atoms with E-state index in [2.05, 4.69) is 10.6 Å². The van der Waals surface area contributed by atoms with Gasteiger partial charge in [0.1, 0.15) is 0 Å². The zero-order valence-electron chi connectivity index (χ0n) is 10.4. The van der Waals surface area contributed by atoms with E-state index in [9.17, 15) is 9.59 Å². The van der Waals surface area contributed by atoms with Crippen molar-refractivity contribution in [2.75, 3.05) is 18.9 Å². The minimum absolute atomic E-state index is 0. The largest absolute Gasteiger partial charge is 0.355 e. The van der Waals surface area contributed by atoms with Gasteiger partial charge in [-0.1, -0.05) is 11.6 Å². The number of carbonyl (C=O) groups is 2. The fraction of sp³-hybridized carbons (Fsp3) is 0.333. The van der Waals surface area contributed by atoms with E-state index < -0.39 is 0 Å². The molecule has 0 heterocycles. The number of aryl methyl sites for hydroxylation is 1. The van der Waals surface area contributed by atoms with Gasteiger partial charge in [0.2, 0.25) is 5.91 Å². The summed E-state index contributed by atoms with van der Waals surface area (Å²) in [7, 11) is 1.55. The van der Waals surface area contributed by atoms with Crippen molar-refractivity contribution in [2.45, 2.75) is 13.3 Å². The van der Waals surface area contributed by atoms with Gasteiger partial charge in [-0.05, 0) is 19.1 Å². The van der Waals surface area contributed by atoms with E-state index in [4.69, 9.17) is 5.73 Å². The van der Waals surface area contributed by atoms with Gasteiger partial charge in [0, 0.05) is 20.0 Å². The molecule has 4 N–H and O–H groups in total. The number of nitrogens with one attached hydrogen (secondary N) is 2. The van der Waals surface area contributed by atoms with E-state index in [1.807, 2.05) is 13.0 Å². The Labute approximate surface area is 113 Å². The second-order valence-corrected chi connectivity index (χ2v) is 3.72. The first kappa shape index (κ1) is 16.4. The van der Waals surface area contributed by atoms with Crippen LogP contribution in [0, 0.1) is 6.92 Å². The lowest BCUT2D eigenvalue weighted by Crippen LogP contribution is -2.22. The summed E-state index contributed by atoms with van der Waals surface area (Å²) in [6, 6.07) is 5.29. The number of carbonyl (C=O) groups excluding carboxylic acids is 2. The SMILES string of the molecule is CNC(=O)c1cc(C)ccc1NC(=O)CCN.Cl. The lowest BCUT2D eigenvalue weighted by atomic mass is 10.1. The predicted molar refractivity (Wildman–Crippen MR) is 74.1 cm³/mol. The summed E-state index contributed by atoms with van der Waals surface area (Å²) >= 11 is 0. The smallest absolute Gasteiger partial charge is 0.253 e. The Bertz CT molecular complexity index is 435. The van der Waals surface area contributed by atoms with Gasteiger partial charge in [-0.15, -0.1) is 12.4 Å². The van der Waals surface area contributed by atoms with Crippen LogP contribution in [0.4, 0.5) is 5.69 Å². The molecule has 0 unspecified atom stereocenters. The molecule has 0 spiro atoms. The van der Waals surface area contributed by atoms with Gasteiger partial charge in [-0.25, -0.2) is 0 Å². The molecule has 6 heteroatoms. The van der Waals surface area contributed by atoms with Crippen LogP contribution in [0.1, 0.15) is 22.3 Å². The Hall–Kier alpha value is -1.59. The Morgan fingerprint density at radius 3 is 2.56 bits per heavy atom. The first-order chi connectivity index (χ1) is 8.08. The van der Waals surface area contributed by atoms with E-state index in [-0.39, 0.29) is 37.2 Å². The molecular formula is C12H18ClN3O2. The predicted octanol–water partition coefficient (Wildman–Crippen LogP) is 1.06. The fourth-order valence-corrected chi connectivity index (χ4v) is 1.43. The summed E-state index contributed by atoms with van der Waals surface area (Å²) in [5.74, 6) is -0.418. The van der Waals surface area contributed by atoms with E-state index in [1.54, 1.807) is 19.2 Å². The first-order valence-corrected chi connectivity index (χ1v) is 5.41. The van der Waals surface area contributed by atoms with Gasteiger partial charge in [0.05, 0.1) is 11.3 Å². The number of hydrogen-bond donors (Lipinski definition) is 3. The van der Waals surface area contributed by atoms with Crippen molar-refractivity contribution in [1.29, 1.82) is 0 Å². The normalized spacial score (nSPS) is 9.28. The number of anilines is 1. The third-order valence-electron chi connectivity index (χ3n) is 2.29. The van der Waals surface area contributed by atoms with Gasteiger partial charge in [-0.2, -0.15) is 0 Å². The van der Waals surface area contributed by atoms with E-state index in [0.29, 0.717) is 11.3 Å². The van der Waals surface area contributed by atoms with Crippen LogP contribution in [-0.4, -0.2) is 25.4 Å². The molecule has 1 aromatic rings. The van der Waals surface area contributed by atoms with Crippen molar-refractivity contribution in [3.05, 3.63) is 29.3 Å². The van der Waals surface area contributed by atoms with Crippen molar-refractivity contribution in [1.82, 2.24) is 5.32 Å². The maximum atomic E-state index is 11.6. The van der Waals surface area contributed by atoms with Crippen molar-refractivity contribution in [2.24, 2.45) is 5.73 Å². The molecule has 0 aliphatic rings.